The highest BCUT2D eigenvalue weighted by Crippen LogP contribution is 1.68. The van der Waals surface area contributed by atoms with Crippen LogP contribution in [0.25, 0.3) is 0 Å². The fourth-order valence-corrected chi connectivity index (χ4v) is 0.247. The molecule has 2 nitrogen and oxygen atoms in total. The SMILES string of the molecule is C=CC(N)=NCC. The molecule has 2 heteroatoms. The Bertz CT molecular complexity index is 84.1. The van der Waals surface area contributed by atoms with E-state index in [1.54, 1.807) is 0 Å². The number of nitrogens with two attached hydrogens (primary N) is 1. The van der Waals surface area contributed by atoms with Crippen LogP contribution in [0.15, 0.2) is 17.6 Å². The molecule has 0 rings (SSSR count). The van der Waals surface area contributed by atoms with E-state index in [2.05, 4.69) is 11.6 Å². The van der Waals surface area contributed by atoms with E-state index in [0.717, 1.165) is 6.54 Å². The average Bonchev–Trinajstić information content (AvgIpc) is 1.68. The standard InChI is InChI=1S/C5H10N2/c1-3-5(6)7-4-2/h3H,1,4H2,2H3,(H2,6,7). The molecule has 0 fully saturated rings. The van der Waals surface area contributed by atoms with E-state index in [4.69, 9.17) is 5.73 Å². The number of hydrogen-bond donors (Lipinski definition) is 1. The van der Waals surface area contributed by atoms with E-state index in [1.165, 1.54) is 6.08 Å². The number of nitrogens with zero attached hydrogens (tertiary/aromatic N) is 1. The van der Waals surface area contributed by atoms with Gasteiger partial charge in [0.15, 0.2) is 0 Å². The molecule has 2 N–H and O–H groups in total. The Hall–Kier alpha value is -0.790. The Labute approximate surface area is 43.7 Å². The summed E-state index contributed by atoms with van der Waals surface area (Å²) in [5.41, 5.74) is 5.22. The first-order chi connectivity index (χ1) is 3.31. The molecule has 0 aliphatic heterocycles. The van der Waals surface area contributed by atoms with Crippen LogP contribution in [-0.4, -0.2) is 12.4 Å². The van der Waals surface area contributed by atoms with Crippen LogP contribution in [0.2, 0.25) is 0 Å². The second kappa shape index (κ2) is 3.40. The van der Waals surface area contributed by atoms with E-state index in [9.17, 15) is 0 Å². The van der Waals surface area contributed by atoms with Gasteiger partial charge in [-0.25, -0.2) is 0 Å². The lowest BCUT2D eigenvalue weighted by atomic mass is 10.6. The maximum atomic E-state index is 5.22. The molecule has 0 spiro atoms. The zero-order valence-corrected chi connectivity index (χ0v) is 4.52. The summed E-state index contributed by atoms with van der Waals surface area (Å²) >= 11 is 0. The smallest absolute Gasteiger partial charge is 0.117 e. The summed E-state index contributed by atoms with van der Waals surface area (Å²) in [7, 11) is 0. The van der Waals surface area contributed by atoms with Crippen molar-refractivity contribution in [2.24, 2.45) is 10.7 Å². The molecule has 0 aliphatic rings. The summed E-state index contributed by atoms with van der Waals surface area (Å²) in [5, 5.41) is 0. The van der Waals surface area contributed by atoms with Gasteiger partial charge in [-0.15, -0.1) is 0 Å². The molecule has 0 aromatic heterocycles. The number of hydrogen-bond acceptors (Lipinski definition) is 1. The third kappa shape index (κ3) is 3.03. The van der Waals surface area contributed by atoms with Crippen LogP contribution in [0.5, 0.6) is 0 Å². The summed E-state index contributed by atoms with van der Waals surface area (Å²) in [6, 6.07) is 0. The first kappa shape index (κ1) is 6.21. The predicted octanol–water partition coefficient (Wildman–Crippen LogP) is 0.550. The summed E-state index contributed by atoms with van der Waals surface area (Å²) in [4.78, 5) is 3.82. The molecule has 0 heterocycles. The molecule has 7 heavy (non-hydrogen) atoms. The number of aliphatic imine (C=N–C) groups is 1. The minimum absolute atomic E-state index is 0.516. The third-order valence-electron chi connectivity index (χ3n) is 0.550. The molecule has 0 atom stereocenters. The molecular formula is C5H10N2. The van der Waals surface area contributed by atoms with Gasteiger partial charge in [0.1, 0.15) is 5.84 Å². The second-order valence-electron chi connectivity index (χ2n) is 1.10. The Morgan fingerprint density at radius 1 is 2.00 bits per heavy atom. The number of amidine groups is 1. The fourth-order valence-electron chi connectivity index (χ4n) is 0.247. The second-order valence-corrected chi connectivity index (χ2v) is 1.10. The zero-order chi connectivity index (χ0) is 5.70. The van der Waals surface area contributed by atoms with Gasteiger partial charge in [-0.1, -0.05) is 6.58 Å². The van der Waals surface area contributed by atoms with Crippen molar-refractivity contribution in [1.29, 1.82) is 0 Å². The first-order valence-corrected chi connectivity index (χ1v) is 2.23. The molecule has 0 unspecified atom stereocenters. The highest BCUT2D eigenvalue weighted by atomic mass is 14.8. The van der Waals surface area contributed by atoms with Gasteiger partial charge in [0.2, 0.25) is 0 Å². The van der Waals surface area contributed by atoms with Gasteiger partial charge in [-0.2, -0.15) is 0 Å². The molecule has 0 saturated heterocycles. The predicted molar refractivity (Wildman–Crippen MR) is 32.4 cm³/mol. The maximum Gasteiger partial charge on any atom is 0.117 e. The summed E-state index contributed by atoms with van der Waals surface area (Å²) in [6.07, 6.45) is 1.53. The van der Waals surface area contributed by atoms with E-state index in [-0.39, 0.29) is 0 Å². The monoisotopic (exact) mass is 98.1 g/mol. The van der Waals surface area contributed by atoms with Gasteiger partial charge >= 0.3 is 0 Å². The average molecular weight is 98.1 g/mol. The van der Waals surface area contributed by atoms with Gasteiger partial charge < -0.3 is 5.73 Å². The summed E-state index contributed by atoms with van der Waals surface area (Å²) < 4.78 is 0. The molecule has 0 aromatic carbocycles. The lowest BCUT2D eigenvalue weighted by Crippen LogP contribution is -2.06. The zero-order valence-electron chi connectivity index (χ0n) is 4.52. The van der Waals surface area contributed by atoms with E-state index >= 15 is 0 Å². The summed E-state index contributed by atoms with van der Waals surface area (Å²) in [6.45, 7) is 6.08. The van der Waals surface area contributed by atoms with Crippen LogP contribution >= 0.6 is 0 Å². The molecule has 0 amide bonds. The van der Waals surface area contributed by atoms with Gasteiger partial charge in [-0.3, -0.25) is 4.99 Å². The molecular weight excluding hydrogens is 88.1 g/mol. The minimum Gasteiger partial charge on any atom is -0.384 e. The molecule has 0 aliphatic carbocycles. The maximum absolute atomic E-state index is 5.22. The Kier molecular flexibility index (Phi) is 3.02. The van der Waals surface area contributed by atoms with Crippen molar-refractivity contribution >= 4 is 5.84 Å². The topological polar surface area (TPSA) is 38.4 Å². The van der Waals surface area contributed by atoms with Crippen molar-refractivity contribution in [3.63, 3.8) is 0 Å². The van der Waals surface area contributed by atoms with Gasteiger partial charge in [-0.05, 0) is 13.0 Å². The highest BCUT2D eigenvalue weighted by Gasteiger charge is 1.73. The lowest BCUT2D eigenvalue weighted by Gasteiger charge is -1.84. The number of rotatable bonds is 2. The van der Waals surface area contributed by atoms with Crippen molar-refractivity contribution in [2.75, 3.05) is 6.54 Å². The van der Waals surface area contributed by atoms with Crippen molar-refractivity contribution in [2.45, 2.75) is 6.92 Å². The normalized spacial score (nSPS) is 11.3. The van der Waals surface area contributed by atoms with Crippen molar-refractivity contribution in [1.82, 2.24) is 0 Å². The Balaban J connectivity index is 3.49. The molecule has 0 aromatic rings. The van der Waals surface area contributed by atoms with Crippen LogP contribution < -0.4 is 5.73 Å². The Morgan fingerprint density at radius 2 is 2.57 bits per heavy atom. The largest absolute Gasteiger partial charge is 0.384 e. The molecule has 0 bridgehead atoms. The lowest BCUT2D eigenvalue weighted by molar-refractivity contribution is 1.13. The highest BCUT2D eigenvalue weighted by molar-refractivity contribution is 5.90. The van der Waals surface area contributed by atoms with Crippen LogP contribution in [-0.2, 0) is 0 Å². The van der Waals surface area contributed by atoms with Crippen LogP contribution in [0.1, 0.15) is 6.92 Å². The third-order valence-corrected chi connectivity index (χ3v) is 0.550. The van der Waals surface area contributed by atoms with E-state index < -0.39 is 0 Å². The molecule has 40 valence electrons. The van der Waals surface area contributed by atoms with Crippen LogP contribution in [0.3, 0.4) is 0 Å². The van der Waals surface area contributed by atoms with E-state index in [1.807, 2.05) is 6.92 Å². The van der Waals surface area contributed by atoms with Gasteiger partial charge in [0.05, 0.1) is 0 Å². The van der Waals surface area contributed by atoms with Crippen molar-refractivity contribution < 1.29 is 0 Å². The van der Waals surface area contributed by atoms with Crippen molar-refractivity contribution in [3.8, 4) is 0 Å². The van der Waals surface area contributed by atoms with Gasteiger partial charge in [0, 0.05) is 6.54 Å². The molecule has 0 radical (unpaired) electrons. The fraction of sp³-hybridized carbons (Fsp3) is 0.400. The van der Waals surface area contributed by atoms with Crippen LogP contribution in [0, 0.1) is 0 Å². The van der Waals surface area contributed by atoms with E-state index in [0.29, 0.717) is 5.84 Å². The van der Waals surface area contributed by atoms with Crippen molar-refractivity contribution in [3.05, 3.63) is 12.7 Å². The van der Waals surface area contributed by atoms with Crippen LogP contribution in [0.4, 0.5) is 0 Å². The first-order valence-electron chi connectivity index (χ1n) is 2.23. The molecule has 0 saturated carbocycles. The summed E-state index contributed by atoms with van der Waals surface area (Å²) in [5.74, 6) is 0.516. The van der Waals surface area contributed by atoms with Gasteiger partial charge in [0.25, 0.3) is 0 Å². The quantitative estimate of drug-likeness (QED) is 0.397. The Morgan fingerprint density at radius 3 is 2.71 bits per heavy atom. The minimum atomic E-state index is 0.516.